The van der Waals surface area contributed by atoms with Crippen LogP contribution in [0.5, 0.6) is 0 Å². The third-order valence-electron chi connectivity index (χ3n) is 0.771. The Bertz CT molecular complexity index is 64.4. The van der Waals surface area contributed by atoms with Crippen molar-refractivity contribution < 1.29 is 19.6 Å². The minimum absolute atomic E-state index is 0.281. The van der Waals surface area contributed by atoms with Crippen LogP contribution in [0.2, 0.25) is 0 Å². The molecule has 0 aromatic rings. The first kappa shape index (κ1) is 12.6. The van der Waals surface area contributed by atoms with E-state index in [1.807, 2.05) is 0 Å². The maximum Gasteiger partial charge on any atom is 0.432 e. The second-order valence-corrected chi connectivity index (χ2v) is 2.88. The summed E-state index contributed by atoms with van der Waals surface area (Å²) in [5.41, 5.74) is 0. The molecule has 0 saturated heterocycles. The zero-order valence-corrected chi connectivity index (χ0v) is 6.91. The lowest BCUT2D eigenvalue weighted by atomic mass is 10.5. The molecule has 5 heteroatoms. The highest BCUT2D eigenvalue weighted by atomic mass is 16.4. The summed E-state index contributed by atoms with van der Waals surface area (Å²) in [5, 5.41) is 22.6. The molecule has 0 spiro atoms. The van der Waals surface area contributed by atoms with Gasteiger partial charge >= 0.3 is 7.69 Å². The molecular weight excluding hydrogens is 133 g/mol. The average Bonchev–Trinajstić information content (AvgIpc) is 1.63. The van der Waals surface area contributed by atoms with E-state index in [2.05, 4.69) is 21.1 Å². The molecule has 62 valence electrons. The van der Waals surface area contributed by atoms with Crippen LogP contribution in [0.15, 0.2) is 0 Å². The van der Waals surface area contributed by atoms with E-state index < -0.39 is 7.69 Å². The van der Waals surface area contributed by atoms with E-state index in [4.69, 9.17) is 15.2 Å². The Labute approximate surface area is 62.6 Å². The summed E-state index contributed by atoms with van der Waals surface area (Å²) in [4.78, 5) is 0. The van der Waals surface area contributed by atoms with Gasteiger partial charge in [-0.3, -0.25) is 0 Å². The van der Waals surface area contributed by atoms with Crippen LogP contribution in [0.3, 0.4) is 0 Å². The summed E-state index contributed by atoms with van der Waals surface area (Å²) in [6, 6.07) is 0. The Morgan fingerprint density at radius 3 is 1.50 bits per heavy atom. The molecular formula is C5H17BNO3+. The molecule has 3 N–H and O–H groups in total. The molecule has 0 rings (SSSR count). The topological polar surface area (TPSA) is 60.7 Å². The first-order valence-corrected chi connectivity index (χ1v) is 3.11. The van der Waals surface area contributed by atoms with E-state index in [-0.39, 0.29) is 6.61 Å². The van der Waals surface area contributed by atoms with Gasteiger partial charge in [-0.15, -0.1) is 0 Å². The quantitative estimate of drug-likeness (QED) is 0.313. The summed E-state index contributed by atoms with van der Waals surface area (Å²) >= 11 is 0. The van der Waals surface area contributed by atoms with Crippen LogP contribution >= 0.6 is 0 Å². The van der Waals surface area contributed by atoms with Crippen LogP contribution in [0.25, 0.3) is 0 Å². The molecule has 0 saturated carbocycles. The van der Waals surface area contributed by atoms with Crippen molar-refractivity contribution in [3.63, 3.8) is 0 Å². The molecule has 0 unspecified atom stereocenters. The fourth-order valence-corrected chi connectivity index (χ4v) is 0.300. The van der Waals surface area contributed by atoms with E-state index in [9.17, 15) is 0 Å². The third kappa shape index (κ3) is 24.7. The molecule has 0 atom stereocenters. The van der Waals surface area contributed by atoms with Crippen molar-refractivity contribution in [1.29, 1.82) is 0 Å². The Kier molecular flexibility index (Phi) is 8.82. The molecule has 0 aliphatic carbocycles. The lowest BCUT2D eigenvalue weighted by Gasteiger charge is -2.21. The van der Waals surface area contributed by atoms with E-state index in [1.54, 1.807) is 0 Å². The van der Waals surface area contributed by atoms with Gasteiger partial charge in [0.15, 0.2) is 0 Å². The highest BCUT2D eigenvalue weighted by Crippen LogP contribution is 1.84. The van der Waals surface area contributed by atoms with Crippen molar-refractivity contribution in [2.24, 2.45) is 0 Å². The number of nitrogens with zero attached hydrogens (tertiary/aromatic N) is 1. The van der Waals surface area contributed by atoms with Gasteiger partial charge in [0.05, 0.1) is 27.7 Å². The number of quaternary nitrogens is 1. The smallest absolute Gasteiger partial charge is 0.430 e. The van der Waals surface area contributed by atoms with Gasteiger partial charge in [0, 0.05) is 0 Å². The Morgan fingerprint density at radius 2 is 1.50 bits per heavy atom. The van der Waals surface area contributed by atoms with E-state index in [0.717, 1.165) is 11.0 Å². The SMILES string of the molecule is C[N+](C)(C)CCO.OBO. The Morgan fingerprint density at radius 1 is 1.20 bits per heavy atom. The molecule has 4 nitrogen and oxygen atoms in total. The molecule has 0 amide bonds. The standard InChI is InChI=1S/C5H14NO.BH3O2/c1-6(2,3)4-5-7;2-1-3/h7H,4-5H2,1-3H3;1-3H/q+1;. The molecule has 0 heterocycles. The zero-order chi connectivity index (χ0) is 8.62. The average molecular weight is 150 g/mol. The van der Waals surface area contributed by atoms with Gasteiger partial charge in [-0.05, 0) is 0 Å². The van der Waals surface area contributed by atoms with E-state index >= 15 is 0 Å². The molecule has 0 fully saturated rings. The van der Waals surface area contributed by atoms with Crippen molar-refractivity contribution >= 4 is 7.69 Å². The second kappa shape index (κ2) is 7.02. The van der Waals surface area contributed by atoms with Crippen LogP contribution in [0.1, 0.15) is 0 Å². The fraction of sp³-hybridized carbons (Fsp3) is 1.00. The van der Waals surface area contributed by atoms with Gasteiger partial charge in [-0.2, -0.15) is 0 Å². The van der Waals surface area contributed by atoms with Gasteiger partial charge in [-0.25, -0.2) is 0 Å². The maximum atomic E-state index is 8.39. The van der Waals surface area contributed by atoms with Crippen LogP contribution in [-0.2, 0) is 0 Å². The Balaban J connectivity index is 0. The molecule has 0 aromatic heterocycles. The molecule has 0 aliphatic heterocycles. The van der Waals surface area contributed by atoms with Crippen LogP contribution in [0, 0.1) is 0 Å². The predicted molar refractivity (Wildman–Crippen MR) is 41.6 cm³/mol. The van der Waals surface area contributed by atoms with Crippen LogP contribution < -0.4 is 0 Å². The highest BCUT2D eigenvalue weighted by Gasteiger charge is 2.02. The van der Waals surface area contributed by atoms with Gasteiger partial charge in [-0.1, -0.05) is 0 Å². The first-order chi connectivity index (χ1) is 4.47. The monoisotopic (exact) mass is 150 g/mol. The summed E-state index contributed by atoms with van der Waals surface area (Å²) in [7, 11) is 5.41. The van der Waals surface area contributed by atoms with Gasteiger partial charge in [0.25, 0.3) is 0 Å². The molecule has 0 bridgehead atoms. The molecule has 10 heavy (non-hydrogen) atoms. The summed E-state index contributed by atoms with van der Waals surface area (Å²) in [6.45, 7) is 1.11. The van der Waals surface area contributed by atoms with Crippen molar-refractivity contribution in [3.05, 3.63) is 0 Å². The van der Waals surface area contributed by atoms with Crippen molar-refractivity contribution in [2.45, 2.75) is 0 Å². The van der Waals surface area contributed by atoms with Crippen LogP contribution in [0.4, 0.5) is 0 Å². The highest BCUT2D eigenvalue weighted by molar-refractivity contribution is 6.13. The lowest BCUT2D eigenvalue weighted by molar-refractivity contribution is -0.870. The van der Waals surface area contributed by atoms with Crippen molar-refractivity contribution in [1.82, 2.24) is 0 Å². The molecule has 0 aromatic carbocycles. The number of hydrogen-bond acceptors (Lipinski definition) is 3. The third-order valence-corrected chi connectivity index (χ3v) is 0.771. The minimum atomic E-state index is -0.750. The number of likely N-dealkylation sites (N-methyl/N-ethyl adjacent to an activating group) is 1. The second-order valence-electron chi connectivity index (χ2n) is 2.88. The summed E-state index contributed by atoms with van der Waals surface area (Å²) in [6.07, 6.45) is 0. The van der Waals surface area contributed by atoms with Gasteiger partial charge in [0.1, 0.15) is 6.54 Å². The first-order valence-electron chi connectivity index (χ1n) is 3.11. The van der Waals surface area contributed by atoms with E-state index in [0.29, 0.717) is 0 Å². The number of hydrogen-bond donors (Lipinski definition) is 3. The van der Waals surface area contributed by atoms with Gasteiger partial charge in [0.2, 0.25) is 0 Å². The zero-order valence-electron chi connectivity index (χ0n) is 6.91. The summed E-state index contributed by atoms with van der Waals surface area (Å²) < 4.78 is 0.844. The number of rotatable bonds is 2. The van der Waals surface area contributed by atoms with Crippen molar-refractivity contribution in [3.8, 4) is 0 Å². The molecule has 0 radical (unpaired) electrons. The number of aliphatic hydroxyl groups excluding tert-OH is 1. The summed E-state index contributed by atoms with van der Waals surface area (Å²) in [5.74, 6) is 0. The maximum absolute atomic E-state index is 8.39. The van der Waals surface area contributed by atoms with Crippen LogP contribution in [-0.4, -0.2) is 61.6 Å². The fourth-order valence-electron chi connectivity index (χ4n) is 0.300. The Hall–Kier alpha value is -0.0951. The normalized spacial score (nSPS) is 9.80. The number of aliphatic hydroxyl groups is 1. The molecule has 0 aliphatic rings. The van der Waals surface area contributed by atoms with Gasteiger partial charge < -0.3 is 19.6 Å². The predicted octanol–water partition coefficient (Wildman–Crippen LogP) is -2.08. The van der Waals surface area contributed by atoms with Crippen molar-refractivity contribution in [2.75, 3.05) is 34.3 Å². The minimum Gasteiger partial charge on any atom is -0.430 e. The van der Waals surface area contributed by atoms with E-state index in [1.165, 1.54) is 0 Å². The largest absolute Gasteiger partial charge is 0.432 e. The lowest BCUT2D eigenvalue weighted by Crippen LogP contribution is -2.36.